The maximum Gasteiger partial charge on any atom is 0.147 e. The highest BCUT2D eigenvalue weighted by atomic mass is 15.1. The van der Waals surface area contributed by atoms with Crippen LogP contribution < -0.4 is 0 Å². The molecule has 9 aromatic rings. The summed E-state index contributed by atoms with van der Waals surface area (Å²) in [6.45, 7) is 53.3. The molecule has 0 aliphatic carbocycles. The Hall–Kier alpha value is -8.28. The quantitative estimate of drug-likeness (QED) is 0.137. The minimum absolute atomic E-state index is 0.711. The van der Waals surface area contributed by atoms with E-state index in [0.717, 1.165) is 39.7 Å². The Labute approximate surface area is 493 Å². The number of aryl methyl sites for hydroxylation is 9. The molecule has 0 N–H and O–H groups in total. The third kappa shape index (κ3) is 85.9. The highest BCUT2D eigenvalue weighted by Crippen LogP contribution is 1.89. The predicted molar refractivity (Wildman–Crippen MR) is 343 cm³/mol. The lowest BCUT2D eigenvalue weighted by molar-refractivity contribution is 0.907. The average Bonchev–Trinajstić information content (AvgIpc) is 3.55. The summed E-state index contributed by atoms with van der Waals surface area (Å²) in [5, 5.41) is 29.0. The Kier molecular flexibility index (Phi) is 100. The summed E-state index contributed by atoms with van der Waals surface area (Å²) in [5.41, 5.74) is 7.30. The fourth-order valence-corrected chi connectivity index (χ4v) is 3.38. The molecule has 0 atom stereocenters. The molecule has 0 aliphatic heterocycles. The molecule has 0 bridgehead atoms. The summed E-state index contributed by atoms with van der Waals surface area (Å²) >= 11 is 0. The molecule has 9 heterocycles. The van der Waals surface area contributed by atoms with Gasteiger partial charge in [-0.15, -0.1) is 10.2 Å². The maximum absolute atomic E-state index is 3.98. The molecule has 450 valence electrons. The molecule has 0 amide bonds. The van der Waals surface area contributed by atoms with E-state index in [1.165, 1.54) is 18.2 Å². The fraction of sp³-hybridized carbons (Fsp3) is 0.429. The molecule has 0 aromatic carbocycles. The first kappa shape index (κ1) is 92.1. The number of pyridine rings is 2. The van der Waals surface area contributed by atoms with E-state index in [0.29, 0.717) is 5.82 Å². The molecule has 0 aliphatic rings. The minimum atomic E-state index is 0.711. The van der Waals surface area contributed by atoms with Gasteiger partial charge in [0.1, 0.15) is 24.3 Å². The number of hydrogen-bond acceptors (Lipinski definition) is 18. The van der Waals surface area contributed by atoms with Gasteiger partial charge in [0, 0.05) is 86.3 Å². The van der Waals surface area contributed by atoms with E-state index in [2.05, 4.69) is 90.6 Å². The zero-order valence-electron chi connectivity index (χ0n) is 55.1. The lowest BCUT2D eigenvalue weighted by atomic mass is 10.3. The van der Waals surface area contributed by atoms with Gasteiger partial charge < -0.3 is 0 Å². The van der Waals surface area contributed by atoms with Crippen LogP contribution in [0.15, 0.2) is 166 Å². The molecule has 0 fully saturated rings. The summed E-state index contributed by atoms with van der Waals surface area (Å²) in [6, 6.07) is 17.3. The first-order chi connectivity index (χ1) is 39.5. The van der Waals surface area contributed by atoms with Gasteiger partial charge in [0.2, 0.25) is 0 Å². The third-order valence-electron chi connectivity index (χ3n) is 6.33. The maximum atomic E-state index is 3.98. The van der Waals surface area contributed by atoms with Crippen LogP contribution in [0.5, 0.6) is 0 Å². The summed E-state index contributed by atoms with van der Waals surface area (Å²) in [5.74, 6) is 1.53. The van der Waals surface area contributed by atoms with Crippen LogP contribution in [0.1, 0.15) is 176 Å². The summed E-state index contributed by atoms with van der Waals surface area (Å²) in [6.07, 6.45) is 30.2. The van der Waals surface area contributed by atoms with E-state index in [1.807, 2.05) is 235 Å². The summed E-state index contributed by atoms with van der Waals surface area (Å²) in [4.78, 5) is 38.4. The molecule has 9 aromatic heterocycles. The van der Waals surface area contributed by atoms with Crippen molar-refractivity contribution in [2.24, 2.45) is 0 Å². The van der Waals surface area contributed by atoms with E-state index >= 15 is 0 Å². The van der Waals surface area contributed by atoms with Gasteiger partial charge in [-0.25, -0.2) is 29.9 Å². The molecule has 18 nitrogen and oxygen atoms in total. The minimum Gasteiger partial charge on any atom is -0.264 e. The van der Waals surface area contributed by atoms with Crippen molar-refractivity contribution in [2.75, 3.05) is 0 Å². The van der Waals surface area contributed by atoms with Crippen molar-refractivity contribution in [2.45, 2.75) is 187 Å². The van der Waals surface area contributed by atoms with Gasteiger partial charge in [0.15, 0.2) is 0 Å². The second kappa shape index (κ2) is 88.3. The number of nitrogens with zero attached hydrogens (tertiary/aromatic N) is 18. The SMILES string of the molecule is CC.CC.CC.CC.CC.CC.CC.CC.CC.Cc1ccccn1.Cc1cccnc1.Cc1cccnn1.Cc1ccnnc1.Cc1cnccn1.Cc1cncnc1.Cc1cncnn1.Cc1ncccn1.Cc1nccnn1. The van der Waals surface area contributed by atoms with Crippen molar-refractivity contribution in [3.63, 3.8) is 0 Å². The molecule has 0 radical (unpaired) electrons. The Morgan fingerprint density at radius 1 is 0.222 bits per heavy atom. The lowest BCUT2D eigenvalue weighted by Crippen LogP contribution is -1.85. The molecular weight excluding hydrogens is 1010 g/mol. The fourth-order valence-electron chi connectivity index (χ4n) is 3.38. The van der Waals surface area contributed by atoms with Gasteiger partial charge in [-0.3, -0.25) is 19.9 Å². The van der Waals surface area contributed by atoms with Gasteiger partial charge in [0.25, 0.3) is 0 Å². The van der Waals surface area contributed by atoms with Crippen LogP contribution in [0, 0.1) is 62.3 Å². The van der Waals surface area contributed by atoms with Gasteiger partial charge in [-0.2, -0.15) is 30.6 Å². The zero-order chi connectivity index (χ0) is 64.0. The van der Waals surface area contributed by atoms with Crippen LogP contribution in [0.4, 0.5) is 0 Å². The van der Waals surface area contributed by atoms with Gasteiger partial charge >= 0.3 is 0 Å². The number of hydrogen-bond donors (Lipinski definition) is 0. The first-order valence-corrected chi connectivity index (χ1v) is 28.1. The Bertz CT molecular complexity index is 1770. The second-order valence-electron chi connectivity index (χ2n) is 12.3. The Balaban J connectivity index is -0.0000000993. The van der Waals surface area contributed by atoms with Crippen molar-refractivity contribution in [3.05, 3.63) is 218 Å². The highest BCUT2D eigenvalue weighted by Gasteiger charge is 1.80. The van der Waals surface area contributed by atoms with E-state index < -0.39 is 0 Å². The first-order valence-electron chi connectivity index (χ1n) is 28.1. The van der Waals surface area contributed by atoms with Crippen LogP contribution in [0.3, 0.4) is 0 Å². The van der Waals surface area contributed by atoms with Crippen LogP contribution >= 0.6 is 0 Å². The van der Waals surface area contributed by atoms with Gasteiger partial charge in [-0.1, -0.05) is 137 Å². The zero-order valence-corrected chi connectivity index (χ0v) is 55.1. The van der Waals surface area contributed by atoms with Crippen molar-refractivity contribution in [1.82, 2.24) is 90.6 Å². The average molecular weight is 1120 g/mol. The molecule has 0 saturated carbocycles. The largest absolute Gasteiger partial charge is 0.264 e. The summed E-state index contributed by atoms with van der Waals surface area (Å²) in [7, 11) is 0. The van der Waals surface area contributed by atoms with Crippen LogP contribution in [-0.4, -0.2) is 90.6 Å². The molecule has 0 spiro atoms. The Morgan fingerprint density at radius 3 is 0.901 bits per heavy atom. The van der Waals surface area contributed by atoms with Crippen LogP contribution in [0.25, 0.3) is 0 Å². The molecule has 81 heavy (non-hydrogen) atoms. The number of rotatable bonds is 0. The molecule has 9 rings (SSSR count). The monoisotopic (exact) mass is 1120 g/mol. The van der Waals surface area contributed by atoms with Gasteiger partial charge in [-0.05, 0) is 121 Å². The second-order valence-corrected chi connectivity index (χ2v) is 12.3. The van der Waals surface area contributed by atoms with Crippen molar-refractivity contribution in [3.8, 4) is 0 Å². The standard InChI is InChI=1S/2C6H7N.5C5H6N2.2C4H5N3.9C2H6/c1-6-3-2-4-7-5-6;1-6-4-2-3-5-7-6;1-5-2-6-4-7-3-5;1-5-4-6-2-3-7-5;1-5-2-3-6-7-4-5;1-5-6-3-2-4-7-5;1-5-3-2-4-6-7-5;1-4-2-5-3-6-7-4;1-4-5-2-3-6-7-4;9*1-2/h2*2-5H,1H3;5*2-4H,1H3;2*2-3H,1H3;9*1-2H3. The van der Waals surface area contributed by atoms with E-state index in [1.54, 1.807) is 106 Å². The molecular formula is C63H108N18. The smallest absolute Gasteiger partial charge is 0.147 e. The predicted octanol–water partition coefficient (Wildman–Crippen LogP) is 16.3. The van der Waals surface area contributed by atoms with Crippen molar-refractivity contribution >= 4 is 0 Å². The lowest BCUT2D eigenvalue weighted by Gasteiger charge is -1.82. The third-order valence-corrected chi connectivity index (χ3v) is 6.33. The highest BCUT2D eigenvalue weighted by molar-refractivity contribution is 5.04. The van der Waals surface area contributed by atoms with Crippen LogP contribution in [0.2, 0.25) is 0 Å². The number of aromatic nitrogens is 18. The van der Waals surface area contributed by atoms with Crippen molar-refractivity contribution < 1.29 is 0 Å². The van der Waals surface area contributed by atoms with E-state index in [-0.39, 0.29) is 0 Å². The normalized spacial score (nSPS) is 7.44. The van der Waals surface area contributed by atoms with Crippen LogP contribution in [-0.2, 0) is 0 Å². The van der Waals surface area contributed by atoms with Gasteiger partial charge in [0.05, 0.1) is 35.7 Å². The summed E-state index contributed by atoms with van der Waals surface area (Å²) < 4.78 is 0. The topological polar surface area (TPSA) is 232 Å². The Morgan fingerprint density at radius 2 is 0.679 bits per heavy atom. The van der Waals surface area contributed by atoms with Crippen molar-refractivity contribution in [1.29, 1.82) is 0 Å². The molecule has 18 heteroatoms. The molecule has 0 saturated heterocycles. The van der Waals surface area contributed by atoms with E-state index in [4.69, 9.17) is 0 Å². The molecule has 0 unspecified atom stereocenters. The van der Waals surface area contributed by atoms with E-state index in [9.17, 15) is 0 Å².